The second-order valence-corrected chi connectivity index (χ2v) is 6.81. The Balaban J connectivity index is 1.75. The highest BCUT2D eigenvalue weighted by molar-refractivity contribution is 7.18. The first-order chi connectivity index (χ1) is 11.0. The van der Waals surface area contributed by atoms with Crippen molar-refractivity contribution in [3.8, 4) is 0 Å². The molecule has 23 heavy (non-hydrogen) atoms. The summed E-state index contributed by atoms with van der Waals surface area (Å²) in [6.45, 7) is 3.95. The number of rotatable bonds is 5. The van der Waals surface area contributed by atoms with Crippen molar-refractivity contribution in [3.63, 3.8) is 0 Å². The highest BCUT2D eigenvalue weighted by atomic mass is 35.5. The van der Waals surface area contributed by atoms with Crippen LogP contribution >= 0.6 is 22.9 Å². The molecule has 8 heteroatoms. The minimum atomic E-state index is -0.343. The molecule has 0 radical (unpaired) electrons. The van der Waals surface area contributed by atoms with Gasteiger partial charge < -0.3 is 14.5 Å². The van der Waals surface area contributed by atoms with E-state index in [1.54, 1.807) is 28.9 Å². The average Bonchev–Trinajstić information content (AvgIpc) is 2.99. The number of ketones is 1. The van der Waals surface area contributed by atoms with Gasteiger partial charge in [-0.1, -0.05) is 11.6 Å². The van der Waals surface area contributed by atoms with Gasteiger partial charge in [0, 0.05) is 39.0 Å². The standard InChI is InChI=1S/C15H19ClN2O4S/c1-2-22-15(21)18-9-7-17(8-10-18)14(20)6-3-11(19)12-4-5-13(16)23-12/h4-5H,2-3,6-10H2,1H3. The Hall–Kier alpha value is -1.60. The van der Waals surface area contributed by atoms with Gasteiger partial charge in [-0.05, 0) is 19.1 Å². The Morgan fingerprint density at radius 2 is 1.78 bits per heavy atom. The first-order valence-electron chi connectivity index (χ1n) is 7.49. The van der Waals surface area contributed by atoms with Crippen LogP contribution in [-0.2, 0) is 9.53 Å². The summed E-state index contributed by atoms with van der Waals surface area (Å²) < 4.78 is 5.50. The van der Waals surface area contributed by atoms with Crippen molar-refractivity contribution in [3.05, 3.63) is 21.3 Å². The maximum atomic E-state index is 12.2. The zero-order valence-electron chi connectivity index (χ0n) is 12.9. The van der Waals surface area contributed by atoms with Gasteiger partial charge in [0.05, 0.1) is 15.8 Å². The predicted molar refractivity (Wildman–Crippen MR) is 88.1 cm³/mol. The summed E-state index contributed by atoms with van der Waals surface area (Å²) in [5.41, 5.74) is 0. The van der Waals surface area contributed by atoms with E-state index in [0.29, 0.717) is 42.0 Å². The summed E-state index contributed by atoms with van der Waals surface area (Å²) >= 11 is 7.02. The number of ether oxygens (including phenoxy) is 1. The van der Waals surface area contributed by atoms with Gasteiger partial charge >= 0.3 is 6.09 Å². The predicted octanol–water partition coefficient (Wildman–Crippen LogP) is 2.67. The third kappa shape index (κ3) is 4.94. The van der Waals surface area contributed by atoms with Crippen LogP contribution in [0.5, 0.6) is 0 Å². The number of carbonyl (C=O) groups is 3. The topological polar surface area (TPSA) is 66.9 Å². The zero-order valence-corrected chi connectivity index (χ0v) is 14.5. The third-order valence-corrected chi connectivity index (χ3v) is 4.84. The summed E-state index contributed by atoms with van der Waals surface area (Å²) in [6.07, 6.45) is 0.00554. The van der Waals surface area contributed by atoms with Crippen molar-refractivity contribution in [1.82, 2.24) is 9.80 Å². The monoisotopic (exact) mass is 358 g/mol. The van der Waals surface area contributed by atoms with E-state index in [-0.39, 0.29) is 30.6 Å². The van der Waals surface area contributed by atoms with E-state index in [1.807, 2.05) is 0 Å². The molecule has 0 spiro atoms. The molecule has 2 rings (SSSR count). The van der Waals surface area contributed by atoms with Crippen LogP contribution in [0.2, 0.25) is 4.34 Å². The van der Waals surface area contributed by atoms with Gasteiger partial charge in [-0.3, -0.25) is 9.59 Å². The number of hydrogen-bond donors (Lipinski definition) is 0. The average molecular weight is 359 g/mol. The quantitative estimate of drug-likeness (QED) is 0.759. The first kappa shape index (κ1) is 17.7. The van der Waals surface area contributed by atoms with E-state index in [4.69, 9.17) is 16.3 Å². The van der Waals surface area contributed by atoms with Crippen LogP contribution in [0.15, 0.2) is 12.1 Å². The molecule has 2 heterocycles. The number of nitrogens with zero attached hydrogens (tertiary/aromatic N) is 2. The smallest absolute Gasteiger partial charge is 0.409 e. The SMILES string of the molecule is CCOC(=O)N1CCN(C(=O)CCC(=O)c2ccc(Cl)s2)CC1. The Morgan fingerprint density at radius 3 is 2.35 bits per heavy atom. The van der Waals surface area contributed by atoms with Gasteiger partial charge in [0.15, 0.2) is 5.78 Å². The van der Waals surface area contributed by atoms with Crippen molar-refractivity contribution in [1.29, 1.82) is 0 Å². The van der Waals surface area contributed by atoms with Gasteiger partial charge in [0.25, 0.3) is 0 Å². The van der Waals surface area contributed by atoms with Crippen molar-refractivity contribution in [2.45, 2.75) is 19.8 Å². The fourth-order valence-corrected chi connectivity index (χ4v) is 3.33. The van der Waals surface area contributed by atoms with Crippen LogP contribution in [-0.4, -0.2) is 60.4 Å². The van der Waals surface area contributed by atoms with Crippen LogP contribution in [0.3, 0.4) is 0 Å². The molecule has 2 amide bonds. The number of thiophene rings is 1. The molecular formula is C15H19ClN2O4S. The second kappa shape index (κ2) is 8.31. The molecule has 0 aromatic carbocycles. The van der Waals surface area contributed by atoms with Crippen molar-refractivity contribution in [2.75, 3.05) is 32.8 Å². The number of hydrogen-bond acceptors (Lipinski definition) is 5. The Morgan fingerprint density at radius 1 is 1.13 bits per heavy atom. The molecule has 1 fully saturated rings. The van der Waals surface area contributed by atoms with E-state index in [2.05, 4.69) is 0 Å². The molecule has 0 N–H and O–H groups in total. The minimum Gasteiger partial charge on any atom is -0.450 e. The number of carbonyl (C=O) groups excluding carboxylic acids is 3. The van der Waals surface area contributed by atoms with Crippen molar-refractivity contribution < 1.29 is 19.1 Å². The van der Waals surface area contributed by atoms with Gasteiger partial charge in [-0.15, -0.1) is 11.3 Å². The maximum Gasteiger partial charge on any atom is 0.409 e. The van der Waals surface area contributed by atoms with Crippen LogP contribution in [0, 0.1) is 0 Å². The molecular weight excluding hydrogens is 340 g/mol. The number of amides is 2. The third-order valence-electron chi connectivity index (χ3n) is 3.57. The highest BCUT2D eigenvalue weighted by Gasteiger charge is 2.25. The lowest BCUT2D eigenvalue weighted by atomic mass is 10.1. The van der Waals surface area contributed by atoms with Gasteiger partial charge in [0.1, 0.15) is 0 Å². The molecule has 0 saturated carbocycles. The van der Waals surface area contributed by atoms with E-state index in [1.165, 1.54) is 11.3 Å². The van der Waals surface area contributed by atoms with E-state index < -0.39 is 0 Å². The highest BCUT2D eigenvalue weighted by Crippen LogP contribution is 2.23. The molecule has 0 aliphatic carbocycles. The van der Waals surface area contributed by atoms with Crippen LogP contribution in [0.4, 0.5) is 4.79 Å². The lowest BCUT2D eigenvalue weighted by Gasteiger charge is -2.34. The zero-order chi connectivity index (χ0) is 16.8. The Bertz CT molecular complexity index is 582. The molecule has 1 saturated heterocycles. The van der Waals surface area contributed by atoms with Gasteiger partial charge in [0.2, 0.25) is 5.91 Å². The summed E-state index contributed by atoms with van der Waals surface area (Å²) in [5, 5.41) is 0. The Labute approximate surface area is 144 Å². The molecule has 1 aliphatic rings. The van der Waals surface area contributed by atoms with Gasteiger partial charge in [-0.2, -0.15) is 0 Å². The number of halogens is 1. The summed E-state index contributed by atoms with van der Waals surface area (Å²) in [6, 6.07) is 3.35. The lowest BCUT2D eigenvalue weighted by Crippen LogP contribution is -2.50. The molecule has 1 aromatic heterocycles. The van der Waals surface area contributed by atoms with Gasteiger partial charge in [-0.25, -0.2) is 4.79 Å². The normalized spacial score (nSPS) is 14.7. The first-order valence-corrected chi connectivity index (χ1v) is 8.68. The molecule has 0 atom stereocenters. The summed E-state index contributed by atoms with van der Waals surface area (Å²) in [4.78, 5) is 39.6. The van der Waals surface area contributed by atoms with Crippen LogP contribution in [0.1, 0.15) is 29.4 Å². The molecule has 126 valence electrons. The van der Waals surface area contributed by atoms with E-state index >= 15 is 0 Å². The van der Waals surface area contributed by atoms with E-state index in [0.717, 1.165) is 0 Å². The Kier molecular flexibility index (Phi) is 6.41. The summed E-state index contributed by atoms with van der Waals surface area (Å²) in [5.74, 6) is -0.134. The molecule has 1 aliphatic heterocycles. The largest absolute Gasteiger partial charge is 0.450 e. The van der Waals surface area contributed by atoms with Crippen LogP contribution in [0.25, 0.3) is 0 Å². The fourth-order valence-electron chi connectivity index (χ4n) is 2.32. The molecule has 0 unspecified atom stereocenters. The van der Waals surface area contributed by atoms with E-state index in [9.17, 15) is 14.4 Å². The fraction of sp³-hybridized carbons (Fsp3) is 0.533. The second-order valence-electron chi connectivity index (χ2n) is 5.09. The molecule has 0 bridgehead atoms. The molecule has 1 aromatic rings. The maximum absolute atomic E-state index is 12.2. The van der Waals surface area contributed by atoms with Crippen molar-refractivity contribution in [2.24, 2.45) is 0 Å². The molecule has 6 nitrogen and oxygen atoms in total. The number of piperazine rings is 1. The minimum absolute atomic E-state index is 0.0653. The van der Waals surface area contributed by atoms with Crippen LogP contribution < -0.4 is 0 Å². The van der Waals surface area contributed by atoms with Crippen molar-refractivity contribution >= 4 is 40.7 Å². The number of Topliss-reactive ketones (excluding diaryl/α,β-unsaturated/α-hetero) is 1. The lowest BCUT2D eigenvalue weighted by molar-refractivity contribution is -0.132. The summed E-state index contributed by atoms with van der Waals surface area (Å²) in [7, 11) is 0.